The largest absolute Gasteiger partial charge is 0.477 e. The Morgan fingerprint density at radius 1 is 0.347 bits per heavy atom. The third kappa shape index (κ3) is 27.7. The predicted molar refractivity (Wildman–Crippen MR) is 558 cm³/mol. The number of hydrogen-bond donors (Lipinski definition) is 2. The first-order valence-electron chi connectivity index (χ1n) is 47.2. The van der Waals surface area contributed by atoms with Gasteiger partial charge >= 0.3 is 53.6 Å². The number of aliphatic hydroxyl groups is 1. The number of carbonyl (C=O) groups is 6. The number of carbonyl (C=O) groups excluding carboxylic acids is 5. The van der Waals surface area contributed by atoms with E-state index in [2.05, 4.69) is 306 Å². The zero-order valence-electron chi connectivity index (χ0n) is 79.6. The Kier molecular flexibility index (Phi) is 36.0. The van der Waals surface area contributed by atoms with Crippen LogP contribution in [0.4, 0.5) is 31.1 Å². The zero-order chi connectivity index (χ0) is 101. The van der Waals surface area contributed by atoms with Gasteiger partial charge in [0, 0.05) is 64.4 Å². The lowest BCUT2D eigenvalue weighted by Gasteiger charge is -2.59. The van der Waals surface area contributed by atoms with Crippen LogP contribution in [0, 0.1) is 34.5 Å². The van der Waals surface area contributed by atoms with E-state index in [9.17, 15) is 60.2 Å². The molecular formula is C117H112F6IN6O11S3+3. The zero-order valence-corrected chi connectivity index (χ0v) is 84.4. The summed E-state index contributed by atoms with van der Waals surface area (Å²) in [7, 11) is -0.0439. The minimum Gasteiger partial charge on any atom is -0.477 e. The van der Waals surface area contributed by atoms with Crippen LogP contribution >= 0.6 is 24.0 Å². The van der Waals surface area contributed by atoms with Gasteiger partial charge in [-0.05, 0) is 236 Å². The van der Waals surface area contributed by atoms with Crippen molar-refractivity contribution in [3.05, 3.63) is 425 Å². The number of imidazole rings is 3. The molecule has 24 rings (SSSR count). The van der Waals surface area contributed by atoms with Crippen LogP contribution in [-0.4, -0.2) is 104 Å². The van der Waals surface area contributed by atoms with Gasteiger partial charge in [0.2, 0.25) is 0 Å². The summed E-state index contributed by atoms with van der Waals surface area (Å²) >= 11 is 0. The summed E-state index contributed by atoms with van der Waals surface area (Å²) in [6.07, 6.45) is 21.7. The maximum atomic E-state index is 13.5. The van der Waals surface area contributed by atoms with Crippen LogP contribution in [0.2, 0.25) is 0 Å². The Hall–Kier alpha value is -13.5. The highest BCUT2D eigenvalue weighted by molar-refractivity contribution is 14.0. The van der Waals surface area contributed by atoms with Gasteiger partial charge in [0.05, 0.1) is 49.1 Å². The van der Waals surface area contributed by atoms with Crippen LogP contribution in [-0.2, 0) is 79.3 Å². The van der Waals surface area contributed by atoms with Gasteiger partial charge in [0.15, 0.2) is 44.1 Å². The van der Waals surface area contributed by atoms with Crippen molar-refractivity contribution >= 4 is 114 Å². The molecule has 17 nitrogen and oxygen atoms in total. The van der Waals surface area contributed by atoms with Crippen molar-refractivity contribution in [2.45, 2.75) is 184 Å². The molecule has 27 heteroatoms. The number of hydrogen-bond acceptors (Lipinski definition) is 13. The van der Waals surface area contributed by atoms with Gasteiger partial charge in [-0.2, -0.15) is 26.3 Å². The van der Waals surface area contributed by atoms with E-state index in [0.717, 1.165) is 70.3 Å². The summed E-state index contributed by atoms with van der Waals surface area (Å²) in [6.45, 7) is 1.92. The number of halogens is 7. The van der Waals surface area contributed by atoms with E-state index in [1.165, 1.54) is 90.0 Å². The molecule has 8 aliphatic rings. The van der Waals surface area contributed by atoms with Gasteiger partial charge in [-0.3, -0.25) is 28.1 Å². The summed E-state index contributed by atoms with van der Waals surface area (Å²) in [4.78, 5) is 92.9. The van der Waals surface area contributed by atoms with Crippen molar-refractivity contribution in [2.75, 3.05) is 0 Å². The van der Waals surface area contributed by atoms with Gasteiger partial charge in [-0.15, -0.1) is 24.0 Å². The van der Waals surface area contributed by atoms with Crippen molar-refractivity contribution in [1.82, 2.24) is 28.7 Å². The number of ether oxygens (including phenoxy) is 3. The van der Waals surface area contributed by atoms with Crippen LogP contribution in [0.3, 0.4) is 0 Å². The molecule has 0 spiro atoms. The van der Waals surface area contributed by atoms with E-state index in [4.69, 9.17) is 19.3 Å². The van der Waals surface area contributed by atoms with E-state index < -0.39 is 57.6 Å². The molecule has 740 valence electrons. The van der Waals surface area contributed by atoms with Crippen molar-refractivity contribution < 1.29 is 79.5 Å². The van der Waals surface area contributed by atoms with Crippen LogP contribution in [0.5, 0.6) is 0 Å². The minimum atomic E-state index is -3.58. The quantitative estimate of drug-likeness (QED) is 0.0253. The van der Waals surface area contributed by atoms with Crippen LogP contribution in [0.1, 0.15) is 114 Å². The monoisotopic (exact) mass is 2110 g/mol. The second-order valence-electron chi connectivity index (χ2n) is 36.9. The van der Waals surface area contributed by atoms with Crippen LogP contribution in [0.15, 0.2) is 458 Å². The van der Waals surface area contributed by atoms with Gasteiger partial charge in [-0.1, -0.05) is 249 Å². The van der Waals surface area contributed by atoms with Crippen molar-refractivity contribution in [3.63, 3.8) is 0 Å². The molecule has 144 heavy (non-hydrogen) atoms. The highest BCUT2D eigenvalue weighted by Gasteiger charge is 2.64. The third-order valence-corrected chi connectivity index (χ3v) is 32.5. The minimum absolute atomic E-state index is 0. The number of esters is 3. The number of alkyl halides is 6. The van der Waals surface area contributed by atoms with E-state index in [1.807, 2.05) is 66.7 Å². The van der Waals surface area contributed by atoms with Gasteiger partial charge in [0.1, 0.15) is 37.8 Å². The Bertz CT molecular complexity index is 6180. The van der Waals surface area contributed by atoms with Crippen LogP contribution in [0.25, 0.3) is 21.5 Å². The van der Waals surface area contributed by atoms with E-state index in [1.54, 1.807) is 24.8 Å². The highest BCUT2D eigenvalue weighted by Crippen LogP contribution is 2.65. The predicted octanol–water partition coefficient (Wildman–Crippen LogP) is 27.1. The second kappa shape index (κ2) is 48.8. The molecule has 8 fully saturated rings. The summed E-state index contributed by atoms with van der Waals surface area (Å²) in [5.41, 5.74) is -0.805. The first-order chi connectivity index (χ1) is 68.9. The summed E-state index contributed by atoms with van der Waals surface area (Å²) in [6, 6.07) is 124. The molecule has 2 N–H and O–H groups in total. The molecule has 0 amide bonds. The molecule has 4 atom stereocenters. The van der Waals surface area contributed by atoms with E-state index >= 15 is 0 Å². The number of fused-ring (bicyclic) bond motifs is 2. The molecule has 16 aromatic rings. The fraction of sp³-hybridized carbons (Fsp3) is 0.239. The van der Waals surface area contributed by atoms with Crippen LogP contribution < -0.4 is 0 Å². The average molecular weight is 2120 g/mol. The average Bonchev–Trinajstić information content (AvgIpc) is 0.877. The molecule has 0 aliphatic heterocycles. The molecular weight excluding hydrogens is 2000 g/mol. The molecule has 3 heterocycles. The third-order valence-electron chi connectivity index (χ3n) is 25.8. The first kappa shape index (κ1) is 106. The normalized spacial score (nSPS) is 19.5. The lowest BCUT2D eigenvalue weighted by Crippen LogP contribution is -2.60. The maximum Gasteiger partial charge on any atom is 0.377 e. The van der Waals surface area contributed by atoms with Crippen molar-refractivity contribution in [3.8, 4) is 0 Å². The molecule has 4 unspecified atom stereocenters. The van der Waals surface area contributed by atoms with E-state index in [0.29, 0.717) is 71.3 Å². The van der Waals surface area contributed by atoms with Crippen molar-refractivity contribution in [1.29, 1.82) is 0 Å². The number of carboxylic acid groups (broad SMARTS) is 1. The van der Waals surface area contributed by atoms with Gasteiger partial charge in [0.25, 0.3) is 0 Å². The van der Waals surface area contributed by atoms with Gasteiger partial charge in [-0.25, -0.2) is 29.3 Å². The summed E-state index contributed by atoms with van der Waals surface area (Å²) in [5, 5.41) is 22.8. The van der Waals surface area contributed by atoms with E-state index in [-0.39, 0.29) is 99.5 Å². The standard InChI is InChI=1S/C25H26F2O4.C22H24O3.3C18H15S.C7H6N4O.C6H6F2N2O.C3H4F2O2.HI/c1-23(26,27)21(28)31-25-12-16-9-17(13-25)11-24(10-16,15-25)22(29)30-14-19-7-4-6-18-5-2-3-8-20(18)19;23-20(21-9-15-8-16(10-21)12-22(24,11-15)14-21)25-13-18-6-3-5-17-4-1-2-7-19(17)18;3*1-4-10-16(11-5-1)19(17-12-6-2-7-13-17)18-14-8-3-9-15-18;12-7(10-3-1-8-5-10)11-4-2-9-6-11;1-6(7,8)5(11)10-3-2-9-4-10;1-3(4,5)2(6)7;/h2-8,16-17H,9-15H2,1H3;1-7,15-16,24H,8-14H2;3*1-15H;1-6H;2-4H,1H3;1H3,(H,6,7);1H/q;;3*+1;;;;. The lowest BCUT2D eigenvalue weighted by atomic mass is 9.48. The molecule has 13 aromatic carbocycles. The summed E-state index contributed by atoms with van der Waals surface area (Å²) < 4.78 is 94.6. The fourth-order valence-corrected chi connectivity index (χ4v) is 26.7. The Labute approximate surface area is 859 Å². The second-order valence-corrected chi connectivity index (χ2v) is 43.0. The Morgan fingerprint density at radius 3 is 0.875 bits per heavy atom. The Morgan fingerprint density at radius 2 is 0.611 bits per heavy atom. The molecule has 0 radical (unpaired) electrons. The lowest BCUT2D eigenvalue weighted by molar-refractivity contribution is -0.225. The number of aliphatic carboxylic acids is 1. The smallest absolute Gasteiger partial charge is 0.377 e. The number of aromatic nitrogens is 6. The maximum absolute atomic E-state index is 13.5. The fourth-order valence-electron chi connectivity index (χ4n) is 20.4. The Balaban J connectivity index is 0.000000134. The molecule has 3 aromatic heterocycles. The van der Waals surface area contributed by atoms with Gasteiger partial charge < -0.3 is 24.4 Å². The topological polar surface area (TPSA) is 224 Å². The molecule has 0 saturated heterocycles. The number of rotatable bonds is 19. The molecule has 8 saturated carbocycles. The number of nitrogens with zero attached hydrogens (tertiary/aromatic N) is 6. The SMILES string of the molecule is CC(F)(F)C(=O)O.CC(F)(F)C(=O)OC12CC3CC(C1)CC(C(=O)OCc1cccc4ccccc14)(C3)C2.CC(F)(F)C(=O)n1ccnc1.I.O=C(OCc1cccc2ccccc12)C12CC3CC(CC(O)(C3)C1)C2.O=C(n1ccnc1)n1ccnc1.c1ccc([S+](c2ccccc2)c2ccccc2)cc1.c1ccc([S+](c2ccccc2)c2ccccc2)cc1.c1ccc([S+](c2ccccc2)c2ccccc2)cc1. The highest BCUT2D eigenvalue weighted by atomic mass is 127. The summed E-state index contributed by atoms with van der Waals surface area (Å²) in [5.74, 6) is -14.3. The number of carboxylic acids is 1. The molecule has 8 bridgehead atoms. The first-order valence-corrected chi connectivity index (χ1v) is 50.9. The molecule has 8 aliphatic carbocycles. The van der Waals surface area contributed by atoms with Crippen molar-refractivity contribution in [2.24, 2.45) is 34.5 Å². The number of benzene rings is 13.